The largest absolute Gasteiger partial charge is 0.352 e. The lowest BCUT2D eigenvalue weighted by Gasteiger charge is -2.38. The summed E-state index contributed by atoms with van der Waals surface area (Å²) in [7, 11) is 0. The highest BCUT2D eigenvalue weighted by atomic mass is 35.5. The van der Waals surface area contributed by atoms with E-state index in [0.29, 0.717) is 11.1 Å². The van der Waals surface area contributed by atoms with E-state index in [-0.39, 0.29) is 0 Å². The van der Waals surface area contributed by atoms with Crippen molar-refractivity contribution >= 4 is 17.4 Å². The topological polar surface area (TPSA) is 60.9 Å². The molecular weight excluding hydrogens is 348 g/mol. The van der Waals surface area contributed by atoms with Crippen molar-refractivity contribution in [2.24, 2.45) is 0 Å². The van der Waals surface area contributed by atoms with E-state index in [1.54, 1.807) is 12.4 Å². The Bertz CT molecular complexity index is 858. The zero-order valence-corrected chi connectivity index (χ0v) is 15.4. The molecule has 1 saturated heterocycles. The van der Waals surface area contributed by atoms with Crippen molar-refractivity contribution in [3.8, 4) is 11.3 Å². The standard InChI is InChI=1S/C19H21ClN6/c1-14(15-12-23-24-13-15)25-8-10-26(11-9-25)19-18(21-6-7-22-19)16-4-2-3-5-17(16)20/h2-7,12-14H,8-11H2,1H3,(H,23,24). The number of nitrogens with zero attached hydrogens (tertiary/aromatic N) is 5. The number of nitrogens with one attached hydrogen (secondary N) is 1. The van der Waals surface area contributed by atoms with Gasteiger partial charge in [-0.25, -0.2) is 4.98 Å². The molecule has 2 aromatic heterocycles. The molecule has 7 heteroatoms. The van der Waals surface area contributed by atoms with Gasteiger partial charge >= 0.3 is 0 Å². The maximum atomic E-state index is 6.39. The van der Waals surface area contributed by atoms with E-state index in [9.17, 15) is 0 Å². The molecule has 1 unspecified atom stereocenters. The van der Waals surface area contributed by atoms with Crippen molar-refractivity contribution in [2.75, 3.05) is 31.1 Å². The molecular formula is C19H21ClN6. The van der Waals surface area contributed by atoms with Gasteiger partial charge in [0, 0.05) is 61.9 Å². The van der Waals surface area contributed by atoms with Crippen LogP contribution >= 0.6 is 11.6 Å². The van der Waals surface area contributed by atoms with Crippen molar-refractivity contribution in [1.82, 2.24) is 25.1 Å². The van der Waals surface area contributed by atoms with Crippen LogP contribution in [0.3, 0.4) is 0 Å². The van der Waals surface area contributed by atoms with Crippen molar-refractivity contribution in [3.05, 3.63) is 59.6 Å². The molecule has 3 heterocycles. The van der Waals surface area contributed by atoms with Crippen LogP contribution in [-0.2, 0) is 0 Å². The van der Waals surface area contributed by atoms with Gasteiger partial charge in [0.25, 0.3) is 0 Å². The Morgan fingerprint density at radius 3 is 2.58 bits per heavy atom. The zero-order chi connectivity index (χ0) is 17.9. The Hall–Kier alpha value is -2.44. The lowest BCUT2D eigenvalue weighted by atomic mass is 10.1. The Labute approximate surface area is 157 Å². The minimum absolute atomic E-state index is 0.348. The molecule has 1 atom stereocenters. The maximum Gasteiger partial charge on any atom is 0.155 e. The van der Waals surface area contributed by atoms with E-state index < -0.39 is 0 Å². The summed E-state index contributed by atoms with van der Waals surface area (Å²) in [5, 5.41) is 7.65. The van der Waals surface area contributed by atoms with Crippen molar-refractivity contribution in [2.45, 2.75) is 13.0 Å². The molecule has 1 fully saturated rings. The SMILES string of the molecule is CC(c1cn[nH]c1)N1CCN(c2nccnc2-c2ccccc2Cl)CC1. The summed E-state index contributed by atoms with van der Waals surface area (Å²) < 4.78 is 0. The van der Waals surface area contributed by atoms with Gasteiger partial charge in [-0.15, -0.1) is 0 Å². The average Bonchev–Trinajstić information content (AvgIpc) is 3.23. The summed E-state index contributed by atoms with van der Waals surface area (Å²) in [5.41, 5.74) is 2.98. The first-order chi connectivity index (χ1) is 12.7. The van der Waals surface area contributed by atoms with Crippen LogP contribution in [0.5, 0.6) is 0 Å². The first-order valence-corrected chi connectivity index (χ1v) is 9.15. The number of hydrogen-bond acceptors (Lipinski definition) is 5. The molecule has 0 spiro atoms. The number of piperazine rings is 1. The van der Waals surface area contributed by atoms with E-state index in [1.807, 2.05) is 36.7 Å². The van der Waals surface area contributed by atoms with Crippen molar-refractivity contribution in [1.29, 1.82) is 0 Å². The second kappa shape index (κ2) is 7.43. The van der Waals surface area contributed by atoms with Gasteiger partial charge in [-0.2, -0.15) is 5.10 Å². The number of rotatable bonds is 4. The third-order valence-corrected chi connectivity index (χ3v) is 5.30. The second-order valence-corrected chi connectivity index (χ2v) is 6.85. The minimum atomic E-state index is 0.348. The van der Waals surface area contributed by atoms with Crippen LogP contribution in [0.2, 0.25) is 5.02 Å². The predicted octanol–water partition coefficient (Wildman–Crippen LogP) is 3.40. The second-order valence-electron chi connectivity index (χ2n) is 6.44. The van der Waals surface area contributed by atoms with Gasteiger partial charge in [-0.05, 0) is 13.0 Å². The highest BCUT2D eigenvalue weighted by Gasteiger charge is 2.25. The number of aromatic nitrogens is 4. The molecule has 0 radical (unpaired) electrons. The summed E-state index contributed by atoms with van der Waals surface area (Å²) in [6, 6.07) is 8.13. The molecule has 6 nitrogen and oxygen atoms in total. The molecule has 1 N–H and O–H groups in total. The molecule has 0 aliphatic carbocycles. The van der Waals surface area contributed by atoms with Crippen LogP contribution in [0, 0.1) is 0 Å². The fourth-order valence-corrected chi connectivity index (χ4v) is 3.65. The number of aromatic amines is 1. The van der Waals surface area contributed by atoms with Crippen LogP contribution in [-0.4, -0.2) is 51.2 Å². The molecule has 1 aliphatic heterocycles. The summed E-state index contributed by atoms with van der Waals surface area (Å²) in [6.07, 6.45) is 7.33. The Kier molecular flexibility index (Phi) is 4.86. The molecule has 4 rings (SSSR count). The number of H-pyrrole nitrogens is 1. The van der Waals surface area contributed by atoms with Crippen LogP contribution in [0.15, 0.2) is 49.1 Å². The third kappa shape index (κ3) is 3.30. The number of hydrogen-bond donors (Lipinski definition) is 1. The molecule has 0 bridgehead atoms. The minimum Gasteiger partial charge on any atom is -0.352 e. The molecule has 3 aromatic rings. The first-order valence-electron chi connectivity index (χ1n) is 8.77. The highest BCUT2D eigenvalue weighted by Crippen LogP contribution is 2.32. The smallest absolute Gasteiger partial charge is 0.155 e. The lowest BCUT2D eigenvalue weighted by molar-refractivity contribution is 0.198. The van der Waals surface area contributed by atoms with Crippen molar-refractivity contribution in [3.63, 3.8) is 0 Å². The van der Waals surface area contributed by atoms with Gasteiger partial charge in [0.15, 0.2) is 5.82 Å². The van der Waals surface area contributed by atoms with Crippen LogP contribution in [0.4, 0.5) is 5.82 Å². The number of halogens is 1. The quantitative estimate of drug-likeness (QED) is 0.764. The lowest BCUT2D eigenvalue weighted by Crippen LogP contribution is -2.47. The molecule has 0 saturated carbocycles. The summed E-state index contributed by atoms with van der Waals surface area (Å²) >= 11 is 6.39. The fraction of sp³-hybridized carbons (Fsp3) is 0.316. The van der Waals surface area contributed by atoms with E-state index in [4.69, 9.17) is 11.6 Å². The van der Waals surface area contributed by atoms with Crippen molar-refractivity contribution < 1.29 is 0 Å². The summed E-state index contributed by atoms with van der Waals surface area (Å²) in [6.45, 7) is 5.95. The van der Waals surface area contributed by atoms with Gasteiger partial charge in [-0.3, -0.25) is 15.0 Å². The third-order valence-electron chi connectivity index (χ3n) is 4.97. The van der Waals surface area contributed by atoms with E-state index >= 15 is 0 Å². The average molecular weight is 369 g/mol. The van der Waals surface area contributed by atoms with Crippen LogP contribution in [0.1, 0.15) is 18.5 Å². The summed E-state index contributed by atoms with van der Waals surface area (Å²) in [4.78, 5) is 13.9. The molecule has 26 heavy (non-hydrogen) atoms. The predicted molar refractivity (Wildman–Crippen MR) is 103 cm³/mol. The Morgan fingerprint density at radius 1 is 1.08 bits per heavy atom. The zero-order valence-electron chi connectivity index (χ0n) is 14.6. The van der Waals surface area contributed by atoms with Gasteiger partial charge in [0.1, 0.15) is 5.69 Å². The first kappa shape index (κ1) is 17.0. The van der Waals surface area contributed by atoms with Crippen LogP contribution < -0.4 is 4.90 Å². The Balaban J connectivity index is 1.53. The highest BCUT2D eigenvalue weighted by molar-refractivity contribution is 6.33. The number of benzene rings is 1. The van der Waals surface area contributed by atoms with Gasteiger partial charge in [0.05, 0.1) is 11.2 Å². The Morgan fingerprint density at radius 2 is 1.85 bits per heavy atom. The van der Waals surface area contributed by atoms with Gasteiger partial charge in [0.2, 0.25) is 0 Å². The van der Waals surface area contributed by atoms with E-state index in [1.165, 1.54) is 5.56 Å². The normalized spacial score (nSPS) is 16.6. The molecule has 1 aliphatic rings. The maximum absolute atomic E-state index is 6.39. The van der Waals surface area contributed by atoms with Gasteiger partial charge in [-0.1, -0.05) is 29.8 Å². The molecule has 0 amide bonds. The van der Waals surface area contributed by atoms with Gasteiger partial charge < -0.3 is 4.90 Å². The number of anilines is 1. The van der Waals surface area contributed by atoms with E-state index in [0.717, 1.165) is 43.3 Å². The monoisotopic (exact) mass is 368 g/mol. The molecule has 1 aromatic carbocycles. The van der Waals surface area contributed by atoms with E-state index in [2.05, 4.69) is 36.9 Å². The fourth-order valence-electron chi connectivity index (χ4n) is 3.43. The summed E-state index contributed by atoms with van der Waals surface area (Å²) in [5.74, 6) is 0.899. The van der Waals surface area contributed by atoms with Crippen LogP contribution in [0.25, 0.3) is 11.3 Å². The molecule has 134 valence electrons.